The van der Waals surface area contributed by atoms with Gasteiger partial charge in [0.25, 0.3) is 0 Å². The van der Waals surface area contributed by atoms with Gasteiger partial charge in [0, 0.05) is 14.2 Å². The van der Waals surface area contributed by atoms with Gasteiger partial charge in [0.05, 0.1) is 46.2 Å². The molecule has 2 N–H and O–H groups in total. The Kier molecular flexibility index (Phi) is 25.1. The molecule has 1 aliphatic heterocycles. The lowest BCUT2D eigenvalue weighted by atomic mass is 10.6. The summed E-state index contributed by atoms with van der Waals surface area (Å²) in [6, 6.07) is 0. The smallest absolute Gasteiger partial charge is 0.339 e. The molecule has 1 heterocycles. The number of cyclic esters (lactones) is 2. The minimum absolute atomic E-state index is 0.0870. The van der Waals surface area contributed by atoms with Crippen LogP contribution in [0.2, 0.25) is 0 Å². The highest BCUT2D eigenvalue weighted by atomic mass is 16.6. The highest BCUT2D eigenvalue weighted by Crippen LogP contribution is 1.91. The first kappa shape index (κ1) is 32.0. The predicted octanol–water partition coefficient (Wildman–Crippen LogP) is -1.98. The fourth-order valence-electron chi connectivity index (χ4n) is 1.43. The zero-order valence-corrected chi connectivity index (χ0v) is 18.3. The van der Waals surface area contributed by atoms with E-state index in [1.807, 2.05) is 0 Å². The third kappa shape index (κ3) is 27.8. The average Bonchev–Trinajstić information content (AvgIpc) is 2.74. The Hall–Kier alpha value is -2.20. The van der Waals surface area contributed by atoms with Crippen LogP contribution < -0.4 is 0 Å². The molecule has 1 rings (SSSR count). The first-order chi connectivity index (χ1) is 15.4. The Bertz CT molecular complexity index is 476. The van der Waals surface area contributed by atoms with Crippen LogP contribution in [0, 0.1) is 0 Å². The Balaban J connectivity index is 0. The van der Waals surface area contributed by atoms with Crippen molar-refractivity contribution in [2.45, 2.75) is 0 Å². The highest BCUT2D eigenvalue weighted by Gasteiger charge is 2.16. The number of carbonyl (C=O) groups excluding carboxylic acids is 3. The Morgan fingerprint density at radius 1 is 0.812 bits per heavy atom. The van der Waals surface area contributed by atoms with Crippen LogP contribution in [-0.2, 0) is 57.1 Å². The summed E-state index contributed by atoms with van der Waals surface area (Å²) in [5.41, 5.74) is 0. The van der Waals surface area contributed by atoms with Crippen LogP contribution in [0.3, 0.4) is 0 Å². The Morgan fingerprint density at radius 3 is 1.78 bits per heavy atom. The molecule has 1 aliphatic rings. The highest BCUT2D eigenvalue weighted by molar-refractivity contribution is 5.88. The Morgan fingerprint density at radius 2 is 1.34 bits per heavy atom. The van der Waals surface area contributed by atoms with E-state index in [-0.39, 0.29) is 39.6 Å². The molecule has 0 unspecified atom stereocenters. The number of esters is 3. The fraction of sp³-hybridized carbons (Fsp3) is 0.778. The van der Waals surface area contributed by atoms with E-state index in [1.54, 1.807) is 14.2 Å². The molecule has 0 aromatic heterocycles. The molecular formula is C18H32O14. The second kappa shape index (κ2) is 25.1. The number of rotatable bonds is 15. The molecule has 0 radical (unpaired) electrons. The van der Waals surface area contributed by atoms with Gasteiger partial charge in [-0.1, -0.05) is 0 Å². The molecule has 32 heavy (non-hydrogen) atoms. The summed E-state index contributed by atoms with van der Waals surface area (Å²) in [5, 5.41) is 16.4. The van der Waals surface area contributed by atoms with Crippen molar-refractivity contribution in [1.82, 2.24) is 0 Å². The van der Waals surface area contributed by atoms with Gasteiger partial charge in [-0.05, 0) is 0 Å². The molecule has 14 nitrogen and oxygen atoms in total. The summed E-state index contributed by atoms with van der Waals surface area (Å²) in [5.74, 6) is -2.96. The number of carbonyl (C=O) groups is 4. The van der Waals surface area contributed by atoms with Gasteiger partial charge in [-0.25, -0.2) is 19.2 Å². The maximum absolute atomic E-state index is 10.9. The number of carboxylic acid groups (broad SMARTS) is 1. The molecule has 1 fully saturated rings. The lowest BCUT2D eigenvalue weighted by Crippen LogP contribution is -2.28. The van der Waals surface area contributed by atoms with Gasteiger partial charge in [0.2, 0.25) is 0 Å². The third-order valence-electron chi connectivity index (χ3n) is 2.70. The number of aliphatic hydroxyl groups is 1. The lowest BCUT2D eigenvalue weighted by molar-refractivity contribution is -0.174. The molecule has 0 aromatic carbocycles. The van der Waals surface area contributed by atoms with E-state index in [9.17, 15) is 19.2 Å². The quantitative estimate of drug-likeness (QED) is 0.152. The molecule has 188 valence electrons. The number of carboxylic acids is 1. The van der Waals surface area contributed by atoms with Crippen LogP contribution in [-0.4, -0.2) is 128 Å². The molecule has 0 atom stereocenters. The van der Waals surface area contributed by atoms with Gasteiger partial charge in [-0.2, -0.15) is 0 Å². The summed E-state index contributed by atoms with van der Waals surface area (Å²) in [4.78, 5) is 41.1. The molecule has 0 aliphatic carbocycles. The molecule has 0 bridgehead atoms. The normalized spacial score (nSPS) is 12.6. The van der Waals surface area contributed by atoms with Gasteiger partial charge < -0.3 is 48.1 Å². The van der Waals surface area contributed by atoms with Crippen molar-refractivity contribution in [2.24, 2.45) is 0 Å². The summed E-state index contributed by atoms with van der Waals surface area (Å²) < 4.78 is 37.0. The summed E-state index contributed by atoms with van der Waals surface area (Å²) in [6.07, 6.45) is 0. The van der Waals surface area contributed by atoms with Crippen molar-refractivity contribution >= 4 is 23.9 Å². The zero-order valence-electron chi connectivity index (χ0n) is 18.3. The first-order valence-electron chi connectivity index (χ1n) is 9.37. The summed E-state index contributed by atoms with van der Waals surface area (Å²) >= 11 is 0. The van der Waals surface area contributed by atoms with Crippen molar-refractivity contribution in [3.05, 3.63) is 0 Å². The number of aliphatic hydroxyl groups excluding tert-OH is 1. The molecule has 0 amide bonds. The maximum atomic E-state index is 10.9. The Labute approximate surface area is 185 Å². The van der Waals surface area contributed by atoms with E-state index < -0.39 is 30.5 Å². The second-order valence-corrected chi connectivity index (χ2v) is 5.38. The van der Waals surface area contributed by atoms with Crippen LogP contribution in [0.5, 0.6) is 0 Å². The van der Waals surface area contributed by atoms with E-state index in [2.05, 4.69) is 23.7 Å². The number of hydrogen-bond donors (Lipinski definition) is 2. The maximum Gasteiger partial charge on any atom is 0.339 e. The predicted molar refractivity (Wildman–Crippen MR) is 104 cm³/mol. The monoisotopic (exact) mass is 472 g/mol. The van der Waals surface area contributed by atoms with Gasteiger partial charge in [-0.15, -0.1) is 0 Å². The van der Waals surface area contributed by atoms with Gasteiger partial charge in [-0.3, -0.25) is 0 Å². The number of hydrogen-bond acceptors (Lipinski definition) is 13. The van der Waals surface area contributed by atoms with Gasteiger partial charge >= 0.3 is 23.9 Å². The van der Waals surface area contributed by atoms with Crippen LogP contribution in [0.1, 0.15) is 0 Å². The fourth-order valence-corrected chi connectivity index (χ4v) is 1.43. The van der Waals surface area contributed by atoms with E-state index in [4.69, 9.17) is 24.4 Å². The minimum atomic E-state index is -1.13. The number of aliphatic carboxylic acids is 1. The van der Waals surface area contributed by atoms with Crippen molar-refractivity contribution in [1.29, 1.82) is 0 Å². The molecule has 1 saturated heterocycles. The third-order valence-corrected chi connectivity index (χ3v) is 2.70. The van der Waals surface area contributed by atoms with Crippen molar-refractivity contribution in [3.8, 4) is 0 Å². The standard InChI is InChI=1S/C9H16O7.C5H12O3.C4H4O4/c1-13-2-3-14-4-5-16-9(12)7-15-6-8(10)11;1-7-4-5-8-3-2-6;5-3-1-7-2-4(6)8-3/h2-7H2,1H3,(H,10,11);6H,2-5H2,1H3;1-2H2. The SMILES string of the molecule is COCCOCCO.COCCOCCOC(=O)COCC(=O)O.O=C1COCC(=O)O1. The van der Waals surface area contributed by atoms with E-state index in [0.29, 0.717) is 33.0 Å². The molecule has 14 heteroatoms. The van der Waals surface area contributed by atoms with Gasteiger partial charge in [0.1, 0.15) is 33.0 Å². The van der Waals surface area contributed by atoms with E-state index >= 15 is 0 Å². The van der Waals surface area contributed by atoms with Crippen LogP contribution >= 0.6 is 0 Å². The van der Waals surface area contributed by atoms with Crippen LogP contribution in [0.25, 0.3) is 0 Å². The zero-order chi connectivity index (χ0) is 24.5. The minimum Gasteiger partial charge on any atom is -0.480 e. The molecule has 0 saturated carbocycles. The molecular weight excluding hydrogens is 440 g/mol. The van der Waals surface area contributed by atoms with Gasteiger partial charge in [0.15, 0.2) is 0 Å². The average molecular weight is 472 g/mol. The van der Waals surface area contributed by atoms with Crippen molar-refractivity contribution < 1.29 is 67.3 Å². The molecule has 0 spiro atoms. The molecule has 0 aromatic rings. The summed E-state index contributed by atoms with van der Waals surface area (Å²) in [7, 11) is 3.17. The van der Waals surface area contributed by atoms with Crippen molar-refractivity contribution in [3.63, 3.8) is 0 Å². The topological polar surface area (TPSA) is 183 Å². The first-order valence-corrected chi connectivity index (χ1v) is 9.37. The number of ether oxygens (including phenoxy) is 8. The second-order valence-electron chi connectivity index (χ2n) is 5.38. The van der Waals surface area contributed by atoms with Crippen LogP contribution in [0.15, 0.2) is 0 Å². The van der Waals surface area contributed by atoms with Crippen molar-refractivity contribution in [2.75, 3.05) is 93.5 Å². The van der Waals surface area contributed by atoms with E-state index in [1.165, 1.54) is 0 Å². The number of methoxy groups -OCH3 is 2. The van der Waals surface area contributed by atoms with Crippen LogP contribution in [0.4, 0.5) is 0 Å². The largest absolute Gasteiger partial charge is 0.480 e. The lowest BCUT2D eigenvalue weighted by Gasteiger charge is -2.07. The van der Waals surface area contributed by atoms with E-state index in [0.717, 1.165) is 0 Å². The summed E-state index contributed by atoms with van der Waals surface area (Å²) in [6.45, 7) is 1.86.